The molecule has 22 heavy (non-hydrogen) atoms. The van der Waals surface area contributed by atoms with Gasteiger partial charge in [-0.2, -0.15) is 0 Å². The fraction of sp³-hybridized carbons (Fsp3) is 0.353. The highest BCUT2D eigenvalue weighted by Crippen LogP contribution is 2.24. The molecule has 2 aromatic carbocycles. The minimum Gasteiger partial charge on any atom is -0.394 e. The standard InChI is InChI=1S/C17H20N2O3/c20-12-17(8-10-22-11-9-17)19-16(21)18-15-7-3-5-13-4-1-2-6-14(13)15/h1-7,20H,8-12H2,(H2,18,19,21). The van der Waals surface area contributed by atoms with Gasteiger partial charge in [0.2, 0.25) is 0 Å². The van der Waals surface area contributed by atoms with Gasteiger partial charge in [0.15, 0.2) is 0 Å². The summed E-state index contributed by atoms with van der Waals surface area (Å²) in [6, 6.07) is 13.4. The molecule has 0 spiro atoms. The Hall–Kier alpha value is -2.11. The van der Waals surface area contributed by atoms with E-state index in [1.54, 1.807) is 0 Å². The maximum absolute atomic E-state index is 12.3. The number of ether oxygens (including phenoxy) is 1. The van der Waals surface area contributed by atoms with Crippen molar-refractivity contribution < 1.29 is 14.6 Å². The Kier molecular flexibility index (Phi) is 4.27. The van der Waals surface area contributed by atoms with Gasteiger partial charge >= 0.3 is 6.03 Å². The van der Waals surface area contributed by atoms with Gasteiger partial charge in [-0.15, -0.1) is 0 Å². The largest absolute Gasteiger partial charge is 0.394 e. The smallest absolute Gasteiger partial charge is 0.319 e. The zero-order valence-corrected chi connectivity index (χ0v) is 12.3. The Balaban J connectivity index is 1.75. The van der Waals surface area contributed by atoms with Crippen molar-refractivity contribution in [1.29, 1.82) is 0 Å². The van der Waals surface area contributed by atoms with Gasteiger partial charge in [-0.05, 0) is 24.3 Å². The number of carbonyl (C=O) groups is 1. The Morgan fingerprint density at radius 1 is 1.14 bits per heavy atom. The topological polar surface area (TPSA) is 70.6 Å². The second-order valence-electron chi connectivity index (χ2n) is 5.66. The number of benzene rings is 2. The summed E-state index contributed by atoms with van der Waals surface area (Å²) in [5, 5.41) is 17.5. The summed E-state index contributed by atoms with van der Waals surface area (Å²) in [4.78, 5) is 12.3. The third kappa shape index (κ3) is 3.05. The number of aliphatic hydroxyl groups is 1. The molecule has 0 saturated carbocycles. The first-order valence-corrected chi connectivity index (χ1v) is 7.48. The Labute approximate surface area is 129 Å². The number of hydrogen-bond acceptors (Lipinski definition) is 3. The van der Waals surface area contributed by atoms with E-state index in [-0.39, 0.29) is 12.6 Å². The predicted octanol–water partition coefficient (Wildman–Crippen LogP) is 2.50. The molecular weight excluding hydrogens is 280 g/mol. The van der Waals surface area contributed by atoms with Crippen LogP contribution in [0.25, 0.3) is 10.8 Å². The molecule has 1 saturated heterocycles. The molecule has 2 aromatic rings. The quantitative estimate of drug-likeness (QED) is 0.815. The van der Waals surface area contributed by atoms with Crippen molar-refractivity contribution >= 4 is 22.5 Å². The number of rotatable bonds is 3. The molecule has 0 unspecified atom stereocenters. The van der Waals surface area contributed by atoms with Crippen LogP contribution in [0, 0.1) is 0 Å². The van der Waals surface area contributed by atoms with Crippen LogP contribution in [0.2, 0.25) is 0 Å². The molecular formula is C17H20N2O3. The first-order chi connectivity index (χ1) is 10.7. The molecule has 5 nitrogen and oxygen atoms in total. The highest BCUT2D eigenvalue weighted by atomic mass is 16.5. The average Bonchev–Trinajstić information content (AvgIpc) is 2.56. The lowest BCUT2D eigenvalue weighted by atomic mass is 9.91. The van der Waals surface area contributed by atoms with Crippen molar-refractivity contribution in [1.82, 2.24) is 5.32 Å². The van der Waals surface area contributed by atoms with Crippen LogP contribution in [-0.4, -0.2) is 36.5 Å². The van der Waals surface area contributed by atoms with E-state index in [9.17, 15) is 9.90 Å². The van der Waals surface area contributed by atoms with E-state index in [1.807, 2.05) is 42.5 Å². The van der Waals surface area contributed by atoms with Gasteiger partial charge in [-0.1, -0.05) is 36.4 Å². The first-order valence-electron chi connectivity index (χ1n) is 7.48. The van der Waals surface area contributed by atoms with E-state index in [2.05, 4.69) is 10.6 Å². The molecule has 3 rings (SSSR count). The van der Waals surface area contributed by atoms with Crippen LogP contribution in [-0.2, 0) is 4.74 Å². The summed E-state index contributed by atoms with van der Waals surface area (Å²) in [6.45, 7) is 1.02. The highest BCUT2D eigenvalue weighted by Gasteiger charge is 2.33. The molecule has 0 aromatic heterocycles. The number of carbonyl (C=O) groups excluding carboxylic acids is 1. The molecule has 1 fully saturated rings. The van der Waals surface area contributed by atoms with E-state index in [1.165, 1.54) is 0 Å². The third-order valence-corrected chi connectivity index (χ3v) is 4.17. The second-order valence-corrected chi connectivity index (χ2v) is 5.66. The van der Waals surface area contributed by atoms with Crippen molar-refractivity contribution in [2.45, 2.75) is 18.4 Å². The van der Waals surface area contributed by atoms with E-state index in [0.29, 0.717) is 26.1 Å². The van der Waals surface area contributed by atoms with Crippen molar-refractivity contribution in [2.75, 3.05) is 25.1 Å². The SMILES string of the molecule is O=C(Nc1cccc2ccccc12)NC1(CO)CCOCC1. The van der Waals surface area contributed by atoms with Gasteiger partial charge in [0.25, 0.3) is 0 Å². The molecule has 0 aliphatic carbocycles. The van der Waals surface area contributed by atoms with Crippen LogP contribution in [0.15, 0.2) is 42.5 Å². The lowest BCUT2D eigenvalue weighted by Crippen LogP contribution is -2.55. The number of aliphatic hydroxyl groups excluding tert-OH is 1. The predicted molar refractivity (Wildman–Crippen MR) is 86.0 cm³/mol. The minimum absolute atomic E-state index is 0.0840. The summed E-state index contributed by atoms with van der Waals surface area (Å²) in [5.41, 5.74) is 0.170. The van der Waals surface area contributed by atoms with Crippen LogP contribution in [0.5, 0.6) is 0 Å². The maximum Gasteiger partial charge on any atom is 0.319 e. The Morgan fingerprint density at radius 2 is 1.86 bits per heavy atom. The summed E-state index contributed by atoms with van der Waals surface area (Å²) < 4.78 is 5.30. The van der Waals surface area contributed by atoms with Crippen molar-refractivity contribution in [3.05, 3.63) is 42.5 Å². The molecule has 1 heterocycles. The van der Waals surface area contributed by atoms with E-state index in [4.69, 9.17) is 4.74 Å². The lowest BCUT2D eigenvalue weighted by Gasteiger charge is -2.36. The number of fused-ring (bicyclic) bond motifs is 1. The molecule has 5 heteroatoms. The summed E-state index contributed by atoms with van der Waals surface area (Å²) >= 11 is 0. The summed E-state index contributed by atoms with van der Waals surface area (Å²) in [5.74, 6) is 0. The highest BCUT2D eigenvalue weighted by molar-refractivity contribution is 6.01. The van der Waals surface area contributed by atoms with E-state index >= 15 is 0 Å². The number of nitrogens with one attached hydrogen (secondary N) is 2. The minimum atomic E-state index is -0.590. The fourth-order valence-corrected chi connectivity index (χ4v) is 2.81. The van der Waals surface area contributed by atoms with Crippen LogP contribution in [0.1, 0.15) is 12.8 Å². The summed E-state index contributed by atoms with van der Waals surface area (Å²) in [6.07, 6.45) is 1.24. The maximum atomic E-state index is 12.3. The van der Waals surface area contributed by atoms with Crippen molar-refractivity contribution in [3.8, 4) is 0 Å². The third-order valence-electron chi connectivity index (χ3n) is 4.17. The molecule has 3 N–H and O–H groups in total. The number of amides is 2. The Morgan fingerprint density at radius 3 is 2.64 bits per heavy atom. The van der Waals surface area contributed by atoms with Crippen molar-refractivity contribution in [2.24, 2.45) is 0 Å². The van der Waals surface area contributed by atoms with Gasteiger partial charge in [0.05, 0.1) is 17.8 Å². The van der Waals surface area contributed by atoms with Crippen LogP contribution < -0.4 is 10.6 Å². The zero-order valence-electron chi connectivity index (χ0n) is 12.3. The second kappa shape index (κ2) is 6.34. The summed E-state index contributed by atoms with van der Waals surface area (Å²) in [7, 11) is 0. The molecule has 0 atom stereocenters. The molecule has 116 valence electrons. The fourth-order valence-electron chi connectivity index (χ4n) is 2.81. The molecule has 2 amide bonds. The van der Waals surface area contributed by atoms with Crippen LogP contribution >= 0.6 is 0 Å². The molecule has 0 bridgehead atoms. The zero-order chi connectivity index (χ0) is 15.4. The van der Waals surface area contributed by atoms with Crippen LogP contribution in [0.3, 0.4) is 0 Å². The normalized spacial score (nSPS) is 17.1. The number of hydrogen-bond donors (Lipinski definition) is 3. The molecule has 1 aliphatic rings. The Bertz CT molecular complexity index is 661. The monoisotopic (exact) mass is 300 g/mol. The first kappa shape index (κ1) is 14.8. The van der Waals surface area contributed by atoms with Gasteiger partial charge in [0.1, 0.15) is 0 Å². The van der Waals surface area contributed by atoms with Crippen molar-refractivity contribution in [3.63, 3.8) is 0 Å². The number of urea groups is 1. The molecule has 1 aliphatic heterocycles. The van der Waals surface area contributed by atoms with Gasteiger partial charge in [0, 0.05) is 18.6 Å². The van der Waals surface area contributed by atoms with E-state index in [0.717, 1.165) is 16.5 Å². The lowest BCUT2D eigenvalue weighted by molar-refractivity contribution is 0.0179. The van der Waals surface area contributed by atoms with Gasteiger partial charge in [-0.25, -0.2) is 4.79 Å². The van der Waals surface area contributed by atoms with Gasteiger partial charge in [-0.3, -0.25) is 0 Å². The van der Waals surface area contributed by atoms with Gasteiger partial charge < -0.3 is 20.5 Å². The number of anilines is 1. The van der Waals surface area contributed by atoms with Crippen LogP contribution in [0.4, 0.5) is 10.5 Å². The average molecular weight is 300 g/mol. The molecule has 0 radical (unpaired) electrons. The van der Waals surface area contributed by atoms with E-state index < -0.39 is 5.54 Å².